The number of rotatable bonds is 3. The summed E-state index contributed by atoms with van der Waals surface area (Å²) in [4.78, 5) is 15.6. The van der Waals surface area contributed by atoms with Crippen LogP contribution >= 0.6 is 0 Å². The number of hydrogen-bond acceptors (Lipinski definition) is 3. The predicted molar refractivity (Wildman–Crippen MR) is 63.7 cm³/mol. The summed E-state index contributed by atoms with van der Waals surface area (Å²) in [5, 5.41) is 0. The maximum absolute atomic E-state index is 11.3. The number of carbonyl (C=O) groups is 1. The van der Waals surface area contributed by atoms with Crippen molar-refractivity contribution in [3.8, 4) is 0 Å². The van der Waals surface area contributed by atoms with E-state index in [1.165, 1.54) is 0 Å². The lowest BCUT2D eigenvalue weighted by molar-refractivity contribution is -0.132. The molecule has 1 aliphatic rings. The van der Waals surface area contributed by atoms with Gasteiger partial charge in [-0.25, -0.2) is 0 Å². The molecule has 0 aromatic carbocycles. The molecule has 0 spiro atoms. The molecule has 0 radical (unpaired) electrons. The van der Waals surface area contributed by atoms with E-state index in [1.807, 2.05) is 25.7 Å². The summed E-state index contributed by atoms with van der Waals surface area (Å²) in [6.45, 7) is 11.3. The Morgan fingerprint density at radius 2 is 1.73 bits per heavy atom. The van der Waals surface area contributed by atoms with Crippen molar-refractivity contribution in [1.82, 2.24) is 9.80 Å². The van der Waals surface area contributed by atoms with Crippen LogP contribution in [0.3, 0.4) is 0 Å². The second kappa shape index (κ2) is 8.68. The normalized spacial score (nSPS) is 16.9. The lowest BCUT2D eigenvalue weighted by Gasteiger charge is -2.34. The molecule has 4 heteroatoms. The van der Waals surface area contributed by atoms with Crippen molar-refractivity contribution in [1.29, 1.82) is 0 Å². The van der Waals surface area contributed by atoms with E-state index >= 15 is 0 Å². The molecule has 1 rings (SSSR count). The van der Waals surface area contributed by atoms with Crippen molar-refractivity contribution < 1.29 is 4.79 Å². The third-order valence-electron chi connectivity index (χ3n) is 2.47. The van der Waals surface area contributed by atoms with E-state index in [0.717, 1.165) is 32.7 Å². The summed E-state index contributed by atoms with van der Waals surface area (Å²) in [7, 11) is 0. The maximum Gasteiger partial charge on any atom is 0.222 e. The van der Waals surface area contributed by atoms with Crippen LogP contribution in [0.15, 0.2) is 0 Å². The van der Waals surface area contributed by atoms with Gasteiger partial charge in [-0.15, -0.1) is 0 Å². The van der Waals surface area contributed by atoms with Crippen molar-refractivity contribution in [2.45, 2.75) is 27.2 Å². The molecule has 0 atom stereocenters. The molecule has 90 valence electrons. The third kappa shape index (κ3) is 5.14. The molecule has 0 saturated carbocycles. The van der Waals surface area contributed by atoms with Crippen molar-refractivity contribution in [3.63, 3.8) is 0 Å². The minimum absolute atomic E-state index is 0.271. The van der Waals surface area contributed by atoms with Gasteiger partial charge in [-0.1, -0.05) is 20.8 Å². The largest absolute Gasteiger partial charge is 0.340 e. The molecule has 4 nitrogen and oxygen atoms in total. The molecule has 1 saturated heterocycles. The zero-order valence-corrected chi connectivity index (χ0v) is 10.3. The smallest absolute Gasteiger partial charge is 0.222 e. The van der Waals surface area contributed by atoms with E-state index < -0.39 is 0 Å². The summed E-state index contributed by atoms with van der Waals surface area (Å²) < 4.78 is 0. The Hall–Kier alpha value is -0.610. The molecule has 15 heavy (non-hydrogen) atoms. The highest BCUT2D eigenvalue weighted by atomic mass is 16.2. The molecule has 0 unspecified atom stereocenters. The van der Waals surface area contributed by atoms with Crippen molar-refractivity contribution in [3.05, 3.63) is 0 Å². The Morgan fingerprint density at radius 1 is 1.20 bits per heavy atom. The molecule has 1 heterocycles. The molecular weight excluding hydrogens is 190 g/mol. The highest BCUT2D eigenvalue weighted by Gasteiger charge is 2.18. The van der Waals surface area contributed by atoms with E-state index in [1.54, 1.807) is 0 Å². The van der Waals surface area contributed by atoms with E-state index in [0.29, 0.717) is 13.0 Å². The number of piperazine rings is 1. The minimum atomic E-state index is 0.271. The molecule has 0 aromatic heterocycles. The summed E-state index contributed by atoms with van der Waals surface area (Å²) in [5.41, 5.74) is 5.46. The van der Waals surface area contributed by atoms with Gasteiger partial charge in [0.25, 0.3) is 0 Å². The van der Waals surface area contributed by atoms with Crippen LogP contribution in [-0.4, -0.2) is 55.0 Å². The van der Waals surface area contributed by atoms with Gasteiger partial charge in [-0.05, 0) is 0 Å². The number of carbonyl (C=O) groups excluding carboxylic acids is 1. The number of nitrogens with two attached hydrogens (primary N) is 1. The molecule has 0 bridgehead atoms. The fourth-order valence-corrected chi connectivity index (χ4v) is 1.63. The van der Waals surface area contributed by atoms with Crippen LogP contribution in [0.25, 0.3) is 0 Å². The SMILES string of the molecule is CC.CCC(=O)N1CCN(CCN)CC1. The zero-order valence-electron chi connectivity index (χ0n) is 10.3. The van der Waals surface area contributed by atoms with E-state index in [4.69, 9.17) is 5.73 Å². The number of hydrogen-bond donors (Lipinski definition) is 1. The first-order valence-corrected chi connectivity index (χ1v) is 5.98. The van der Waals surface area contributed by atoms with Crippen molar-refractivity contribution >= 4 is 5.91 Å². The van der Waals surface area contributed by atoms with Crippen LogP contribution in [0.4, 0.5) is 0 Å². The van der Waals surface area contributed by atoms with Gasteiger partial charge in [0.2, 0.25) is 5.91 Å². The highest BCUT2D eigenvalue weighted by molar-refractivity contribution is 5.75. The van der Waals surface area contributed by atoms with Crippen molar-refractivity contribution in [2.24, 2.45) is 5.73 Å². The molecular formula is C11H25N3O. The van der Waals surface area contributed by atoms with Gasteiger partial charge in [0, 0.05) is 45.7 Å². The quantitative estimate of drug-likeness (QED) is 0.747. The van der Waals surface area contributed by atoms with Gasteiger partial charge >= 0.3 is 0 Å². The molecule has 1 amide bonds. The third-order valence-corrected chi connectivity index (χ3v) is 2.47. The Bertz CT molecular complexity index is 165. The average molecular weight is 215 g/mol. The summed E-state index contributed by atoms with van der Waals surface area (Å²) in [5.74, 6) is 0.271. The fraction of sp³-hybridized carbons (Fsp3) is 0.909. The van der Waals surface area contributed by atoms with Crippen LogP contribution in [0.5, 0.6) is 0 Å². The fourth-order valence-electron chi connectivity index (χ4n) is 1.63. The summed E-state index contributed by atoms with van der Waals surface area (Å²) >= 11 is 0. The first-order chi connectivity index (χ1) is 7.27. The Balaban J connectivity index is 0.000000921. The molecule has 0 aromatic rings. The first-order valence-electron chi connectivity index (χ1n) is 5.98. The lowest BCUT2D eigenvalue weighted by atomic mass is 10.3. The Labute approximate surface area is 93.4 Å². The van der Waals surface area contributed by atoms with Crippen LogP contribution in [-0.2, 0) is 4.79 Å². The standard InChI is InChI=1S/C9H19N3O.C2H6/c1-2-9(13)12-7-5-11(4-3-10)6-8-12;1-2/h2-8,10H2,1H3;1-2H3. The lowest BCUT2D eigenvalue weighted by Crippen LogP contribution is -2.49. The van der Waals surface area contributed by atoms with Crippen LogP contribution in [0, 0.1) is 0 Å². The van der Waals surface area contributed by atoms with Gasteiger partial charge in [0.15, 0.2) is 0 Å². The first kappa shape index (κ1) is 14.4. The minimum Gasteiger partial charge on any atom is -0.340 e. The number of nitrogens with zero attached hydrogens (tertiary/aromatic N) is 2. The van der Waals surface area contributed by atoms with Gasteiger partial charge in [0.05, 0.1) is 0 Å². The van der Waals surface area contributed by atoms with Gasteiger partial charge in [0.1, 0.15) is 0 Å². The molecule has 1 aliphatic heterocycles. The van der Waals surface area contributed by atoms with Crippen LogP contribution in [0.2, 0.25) is 0 Å². The van der Waals surface area contributed by atoms with Crippen LogP contribution < -0.4 is 5.73 Å². The van der Waals surface area contributed by atoms with Crippen molar-refractivity contribution in [2.75, 3.05) is 39.3 Å². The summed E-state index contributed by atoms with van der Waals surface area (Å²) in [6.07, 6.45) is 0.622. The predicted octanol–water partition coefficient (Wildman–Crippen LogP) is 0.526. The van der Waals surface area contributed by atoms with Gasteiger partial charge in [-0.2, -0.15) is 0 Å². The topological polar surface area (TPSA) is 49.6 Å². The van der Waals surface area contributed by atoms with Crippen LogP contribution in [0.1, 0.15) is 27.2 Å². The Morgan fingerprint density at radius 3 is 2.13 bits per heavy atom. The highest BCUT2D eigenvalue weighted by Crippen LogP contribution is 2.02. The second-order valence-corrected chi connectivity index (χ2v) is 3.36. The van der Waals surface area contributed by atoms with E-state index in [9.17, 15) is 4.79 Å². The second-order valence-electron chi connectivity index (χ2n) is 3.36. The maximum atomic E-state index is 11.3. The Kier molecular flexibility index (Phi) is 8.33. The molecule has 1 fully saturated rings. The number of amides is 1. The van der Waals surface area contributed by atoms with Gasteiger partial charge in [-0.3, -0.25) is 9.69 Å². The van der Waals surface area contributed by atoms with E-state index in [2.05, 4.69) is 4.90 Å². The van der Waals surface area contributed by atoms with Gasteiger partial charge < -0.3 is 10.6 Å². The molecule has 0 aliphatic carbocycles. The monoisotopic (exact) mass is 215 g/mol. The zero-order chi connectivity index (χ0) is 11.7. The summed E-state index contributed by atoms with van der Waals surface area (Å²) in [6, 6.07) is 0. The van der Waals surface area contributed by atoms with E-state index in [-0.39, 0.29) is 5.91 Å². The molecule has 2 N–H and O–H groups in total. The average Bonchev–Trinajstić information content (AvgIpc) is 2.32.